The number of tetrazole rings is 1. The normalized spacial score (nSPS) is 12.6. The van der Waals surface area contributed by atoms with Gasteiger partial charge in [0.2, 0.25) is 0 Å². The number of halogens is 1. The quantitative estimate of drug-likeness (QED) is 0.823. The molecule has 0 aliphatic carbocycles. The second-order valence-corrected chi connectivity index (χ2v) is 4.90. The maximum absolute atomic E-state index is 13.7. The molecule has 0 radical (unpaired) electrons. The molecule has 5 nitrogen and oxygen atoms in total. The van der Waals surface area contributed by atoms with Gasteiger partial charge >= 0.3 is 0 Å². The second kappa shape index (κ2) is 6.56. The van der Waals surface area contributed by atoms with Crippen LogP contribution >= 0.6 is 0 Å². The number of aryl methyl sites for hydroxylation is 1. The summed E-state index contributed by atoms with van der Waals surface area (Å²) in [5.41, 5.74) is 1.50. The van der Waals surface area contributed by atoms with E-state index in [1.165, 1.54) is 0 Å². The summed E-state index contributed by atoms with van der Waals surface area (Å²) in [6, 6.07) is 5.14. The molecular formula is C14H20FN5. The van der Waals surface area contributed by atoms with E-state index in [4.69, 9.17) is 0 Å². The highest BCUT2D eigenvalue weighted by Gasteiger charge is 2.15. The van der Waals surface area contributed by atoms with Gasteiger partial charge in [-0.25, -0.2) is 9.07 Å². The lowest BCUT2D eigenvalue weighted by molar-refractivity contribution is 0.501. The molecule has 1 heterocycles. The highest BCUT2D eigenvalue weighted by atomic mass is 19.1. The Balaban J connectivity index is 2.18. The van der Waals surface area contributed by atoms with E-state index in [0.29, 0.717) is 12.1 Å². The van der Waals surface area contributed by atoms with Gasteiger partial charge in [0.1, 0.15) is 5.82 Å². The Bertz CT molecular complexity index is 566. The molecule has 6 heteroatoms. The Morgan fingerprint density at radius 2 is 2.20 bits per heavy atom. The first-order valence-corrected chi connectivity index (χ1v) is 6.87. The van der Waals surface area contributed by atoms with Gasteiger partial charge in [-0.15, -0.1) is 5.10 Å². The molecule has 1 N–H and O–H groups in total. The fourth-order valence-electron chi connectivity index (χ4n) is 2.02. The van der Waals surface area contributed by atoms with Gasteiger partial charge in [0, 0.05) is 0 Å². The van der Waals surface area contributed by atoms with Gasteiger partial charge in [-0.3, -0.25) is 0 Å². The van der Waals surface area contributed by atoms with Crippen LogP contribution < -0.4 is 5.32 Å². The number of nitrogens with one attached hydrogen (secondary N) is 1. The van der Waals surface area contributed by atoms with Gasteiger partial charge in [-0.2, -0.15) is 0 Å². The van der Waals surface area contributed by atoms with Crippen molar-refractivity contribution in [2.45, 2.75) is 39.8 Å². The number of hydrogen-bond donors (Lipinski definition) is 1. The highest BCUT2D eigenvalue weighted by molar-refractivity contribution is 5.25. The standard InChI is InChI=1S/C14H20FN5/c1-4-7-16-9-14-17-18-19-20(14)11(3)12-6-5-10(2)13(15)8-12/h5-6,8,11,16H,4,7,9H2,1-3H3. The van der Waals surface area contributed by atoms with E-state index < -0.39 is 0 Å². The van der Waals surface area contributed by atoms with Crippen molar-refractivity contribution in [1.29, 1.82) is 0 Å². The summed E-state index contributed by atoms with van der Waals surface area (Å²) in [5, 5.41) is 15.0. The Hall–Kier alpha value is -1.82. The SMILES string of the molecule is CCCNCc1nnnn1C(C)c1ccc(C)c(F)c1. The van der Waals surface area contributed by atoms with Crippen molar-refractivity contribution in [1.82, 2.24) is 25.5 Å². The molecule has 1 aromatic heterocycles. The van der Waals surface area contributed by atoms with Crippen molar-refractivity contribution in [3.63, 3.8) is 0 Å². The number of hydrogen-bond acceptors (Lipinski definition) is 4. The fourth-order valence-corrected chi connectivity index (χ4v) is 2.02. The molecule has 0 spiro atoms. The first-order valence-electron chi connectivity index (χ1n) is 6.87. The minimum absolute atomic E-state index is 0.0986. The number of rotatable bonds is 6. The van der Waals surface area contributed by atoms with Crippen LogP contribution in [0.2, 0.25) is 0 Å². The van der Waals surface area contributed by atoms with Gasteiger partial charge < -0.3 is 5.32 Å². The van der Waals surface area contributed by atoms with Crippen LogP contribution in [0.5, 0.6) is 0 Å². The van der Waals surface area contributed by atoms with Crippen LogP contribution in [0.25, 0.3) is 0 Å². The van der Waals surface area contributed by atoms with Crippen LogP contribution in [0.1, 0.15) is 43.3 Å². The van der Waals surface area contributed by atoms with Gasteiger partial charge in [-0.1, -0.05) is 19.1 Å². The summed E-state index contributed by atoms with van der Waals surface area (Å²) < 4.78 is 15.4. The molecule has 0 fully saturated rings. The maximum atomic E-state index is 13.7. The first kappa shape index (κ1) is 14.6. The molecular weight excluding hydrogens is 257 g/mol. The zero-order valence-corrected chi connectivity index (χ0v) is 12.1. The van der Waals surface area contributed by atoms with Gasteiger partial charge in [0.05, 0.1) is 12.6 Å². The molecule has 0 bridgehead atoms. The lowest BCUT2D eigenvalue weighted by Gasteiger charge is -2.14. The second-order valence-electron chi connectivity index (χ2n) is 4.90. The third-order valence-corrected chi connectivity index (χ3v) is 3.32. The molecule has 0 amide bonds. The van der Waals surface area contributed by atoms with E-state index in [1.54, 1.807) is 23.7 Å². The molecule has 108 valence electrons. The Morgan fingerprint density at radius 3 is 2.90 bits per heavy atom. The molecule has 0 aliphatic rings. The van der Waals surface area contributed by atoms with E-state index in [0.717, 1.165) is 24.4 Å². The van der Waals surface area contributed by atoms with E-state index >= 15 is 0 Å². The van der Waals surface area contributed by atoms with Crippen LogP contribution in [-0.4, -0.2) is 26.8 Å². The summed E-state index contributed by atoms with van der Waals surface area (Å²) >= 11 is 0. The Labute approximate surface area is 118 Å². The fraction of sp³-hybridized carbons (Fsp3) is 0.500. The predicted molar refractivity (Wildman–Crippen MR) is 74.8 cm³/mol. The topological polar surface area (TPSA) is 55.6 Å². The van der Waals surface area contributed by atoms with Gasteiger partial charge in [-0.05, 0) is 54.4 Å². The minimum Gasteiger partial charge on any atom is -0.310 e. The van der Waals surface area contributed by atoms with Crippen LogP contribution in [-0.2, 0) is 6.54 Å². The molecule has 1 aromatic carbocycles. The van der Waals surface area contributed by atoms with Crippen LogP contribution in [0.4, 0.5) is 4.39 Å². The van der Waals surface area contributed by atoms with Crippen LogP contribution in [0.3, 0.4) is 0 Å². The van der Waals surface area contributed by atoms with Crippen molar-refractivity contribution in [2.75, 3.05) is 6.54 Å². The molecule has 0 aliphatic heterocycles. The summed E-state index contributed by atoms with van der Waals surface area (Å²) in [7, 11) is 0. The summed E-state index contributed by atoms with van der Waals surface area (Å²) in [5.74, 6) is 0.556. The van der Waals surface area contributed by atoms with E-state index in [2.05, 4.69) is 27.8 Å². The predicted octanol–water partition coefficient (Wildman–Crippen LogP) is 2.23. The number of benzene rings is 1. The molecule has 2 rings (SSSR count). The molecule has 2 aromatic rings. The Kier molecular flexibility index (Phi) is 4.79. The zero-order valence-electron chi connectivity index (χ0n) is 12.1. The number of aromatic nitrogens is 4. The summed E-state index contributed by atoms with van der Waals surface area (Å²) in [6.07, 6.45) is 1.06. The third-order valence-electron chi connectivity index (χ3n) is 3.32. The van der Waals surface area contributed by atoms with Crippen molar-refractivity contribution >= 4 is 0 Å². The van der Waals surface area contributed by atoms with E-state index in [9.17, 15) is 4.39 Å². The molecule has 20 heavy (non-hydrogen) atoms. The van der Waals surface area contributed by atoms with Crippen molar-refractivity contribution < 1.29 is 4.39 Å². The average Bonchev–Trinajstić information content (AvgIpc) is 2.90. The molecule has 0 saturated heterocycles. The zero-order chi connectivity index (χ0) is 14.5. The van der Waals surface area contributed by atoms with Crippen LogP contribution in [0, 0.1) is 12.7 Å². The highest BCUT2D eigenvalue weighted by Crippen LogP contribution is 2.20. The summed E-state index contributed by atoms with van der Waals surface area (Å²) in [6.45, 7) is 7.35. The lowest BCUT2D eigenvalue weighted by atomic mass is 10.1. The van der Waals surface area contributed by atoms with Crippen molar-refractivity contribution in [2.24, 2.45) is 0 Å². The van der Waals surface area contributed by atoms with Crippen molar-refractivity contribution in [3.8, 4) is 0 Å². The minimum atomic E-state index is -0.201. The number of nitrogens with zero attached hydrogens (tertiary/aromatic N) is 4. The van der Waals surface area contributed by atoms with Crippen LogP contribution in [0.15, 0.2) is 18.2 Å². The third kappa shape index (κ3) is 3.19. The van der Waals surface area contributed by atoms with Gasteiger partial charge in [0.25, 0.3) is 0 Å². The summed E-state index contributed by atoms with van der Waals surface area (Å²) in [4.78, 5) is 0. The van der Waals surface area contributed by atoms with Gasteiger partial charge in [0.15, 0.2) is 5.82 Å². The maximum Gasteiger partial charge on any atom is 0.165 e. The lowest BCUT2D eigenvalue weighted by Crippen LogP contribution is -2.20. The average molecular weight is 277 g/mol. The first-order chi connectivity index (χ1) is 9.63. The molecule has 1 unspecified atom stereocenters. The Morgan fingerprint density at radius 1 is 1.40 bits per heavy atom. The molecule has 0 saturated carbocycles. The monoisotopic (exact) mass is 277 g/mol. The van der Waals surface area contributed by atoms with E-state index in [1.807, 2.05) is 13.0 Å². The van der Waals surface area contributed by atoms with Crippen molar-refractivity contribution in [3.05, 3.63) is 41.0 Å². The molecule has 1 atom stereocenters. The largest absolute Gasteiger partial charge is 0.310 e. The smallest absolute Gasteiger partial charge is 0.165 e. The van der Waals surface area contributed by atoms with E-state index in [-0.39, 0.29) is 11.9 Å².